The van der Waals surface area contributed by atoms with Crippen molar-refractivity contribution in [1.82, 2.24) is 0 Å². The van der Waals surface area contributed by atoms with Crippen molar-refractivity contribution in [2.24, 2.45) is 0 Å². The van der Waals surface area contributed by atoms with E-state index in [2.05, 4.69) is 0 Å². The van der Waals surface area contributed by atoms with Crippen molar-refractivity contribution in [3.8, 4) is 0 Å². The second-order valence-corrected chi connectivity index (χ2v) is 4.28. The van der Waals surface area contributed by atoms with Gasteiger partial charge in [0.05, 0.1) is 0 Å². The summed E-state index contributed by atoms with van der Waals surface area (Å²) in [5.41, 5.74) is 0. The van der Waals surface area contributed by atoms with Crippen molar-refractivity contribution in [2.45, 2.75) is 64.7 Å². The van der Waals surface area contributed by atoms with Crippen LogP contribution in [-0.4, -0.2) is 33.2 Å². The van der Waals surface area contributed by atoms with E-state index in [0.717, 1.165) is 51.9 Å². The van der Waals surface area contributed by atoms with E-state index in [0.29, 0.717) is 0 Å². The SMILES string of the molecule is CC(=O)O.O=C(O)CCCCCCCCCC(=O)O. The van der Waals surface area contributed by atoms with Gasteiger partial charge in [-0.25, -0.2) is 0 Å². The van der Waals surface area contributed by atoms with Gasteiger partial charge in [-0.2, -0.15) is 0 Å². The fourth-order valence-electron chi connectivity index (χ4n) is 1.44. The van der Waals surface area contributed by atoms with Gasteiger partial charge in [-0.15, -0.1) is 0 Å². The molecule has 0 aliphatic carbocycles. The van der Waals surface area contributed by atoms with Crippen LogP contribution in [0.15, 0.2) is 0 Å². The zero-order chi connectivity index (χ0) is 15.1. The molecule has 0 aliphatic rings. The van der Waals surface area contributed by atoms with E-state index in [4.69, 9.17) is 20.1 Å². The fourth-order valence-corrected chi connectivity index (χ4v) is 1.44. The fraction of sp³-hybridized carbons (Fsp3) is 0.769. The maximum Gasteiger partial charge on any atom is 0.303 e. The Hall–Kier alpha value is -1.59. The molecule has 6 heteroatoms. The molecule has 0 fully saturated rings. The average molecular weight is 276 g/mol. The Balaban J connectivity index is 0. The molecule has 3 N–H and O–H groups in total. The van der Waals surface area contributed by atoms with Crippen LogP contribution >= 0.6 is 0 Å². The summed E-state index contributed by atoms with van der Waals surface area (Å²) in [6, 6.07) is 0. The van der Waals surface area contributed by atoms with Gasteiger partial charge in [-0.3, -0.25) is 14.4 Å². The first-order valence-electron chi connectivity index (χ1n) is 6.49. The van der Waals surface area contributed by atoms with Crippen LogP contribution in [0.5, 0.6) is 0 Å². The van der Waals surface area contributed by atoms with E-state index in [1.54, 1.807) is 0 Å². The zero-order valence-electron chi connectivity index (χ0n) is 11.4. The van der Waals surface area contributed by atoms with Crippen LogP contribution in [0.1, 0.15) is 64.7 Å². The summed E-state index contributed by atoms with van der Waals surface area (Å²) in [6.07, 6.45) is 7.16. The third kappa shape index (κ3) is 31.4. The summed E-state index contributed by atoms with van der Waals surface area (Å²) in [5.74, 6) is -2.28. The molecule has 6 nitrogen and oxygen atoms in total. The molecule has 19 heavy (non-hydrogen) atoms. The largest absolute Gasteiger partial charge is 0.481 e. The number of aliphatic carboxylic acids is 3. The van der Waals surface area contributed by atoms with Gasteiger partial charge >= 0.3 is 11.9 Å². The molecule has 112 valence electrons. The number of carboxylic acid groups (broad SMARTS) is 3. The van der Waals surface area contributed by atoms with Gasteiger partial charge < -0.3 is 15.3 Å². The quantitative estimate of drug-likeness (QED) is 0.529. The topological polar surface area (TPSA) is 112 Å². The van der Waals surface area contributed by atoms with Gasteiger partial charge in [-0.05, 0) is 12.8 Å². The molecule has 0 unspecified atom stereocenters. The molecule has 0 amide bonds. The van der Waals surface area contributed by atoms with Gasteiger partial charge in [0.1, 0.15) is 0 Å². The van der Waals surface area contributed by atoms with Crippen molar-refractivity contribution in [3.63, 3.8) is 0 Å². The molecule has 0 bridgehead atoms. The molecule has 0 radical (unpaired) electrons. The van der Waals surface area contributed by atoms with Crippen molar-refractivity contribution in [2.75, 3.05) is 0 Å². The number of carboxylic acids is 3. The van der Waals surface area contributed by atoms with Crippen LogP contribution in [0.4, 0.5) is 0 Å². The minimum Gasteiger partial charge on any atom is -0.481 e. The monoisotopic (exact) mass is 276 g/mol. The van der Waals surface area contributed by atoms with Crippen molar-refractivity contribution in [3.05, 3.63) is 0 Å². The maximum absolute atomic E-state index is 10.2. The summed E-state index contributed by atoms with van der Waals surface area (Å²) >= 11 is 0. The average Bonchev–Trinajstić information content (AvgIpc) is 2.25. The van der Waals surface area contributed by atoms with Crippen LogP contribution in [0.2, 0.25) is 0 Å². The number of rotatable bonds is 10. The Morgan fingerprint density at radius 2 is 0.842 bits per heavy atom. The highest BCUT2D eigenvalue weighted by molar-refractivity contribution is 5.66. The van der Waals surface area contributed by atoms with Gasteiger partial charge in [0, 0.05) is 19.8 Å². The third-order valence-electron chi connectivity index (χ3n) is 2.28. The van der Waals surface area contributed by atoms with Gasteiger partial charge in [0.15, 0.2) is 0 Å². The van der Waals surface area contributed by atoms with Crippen LogP contribution in [0, 0.1) is 0 Å². The first kappa shape index (κ1) is 19.7. The Labute approximate surface area is 113 Å². The molecule has 0 aromatic carbocycles. The molecular weight excluding hydrogens is 252 g/mol. The number of unbranched alkanes of at least 4 members (excludes halogenated alkanes) is 6. The van der Waals surface area contributed by atoms with Gasteiger partial charge in [-0.1, -0.05) is 32.1 Å². The molecule has 0 aromatic heterocycles. The highest BCUT2D eigenvalue weighted by Crippen LogP contribution is 2.09. The van der Waals surface area contributed by atoms with E-state index in [-0.39, 0.29) is 12.8 Å². The third-order valence-corrected chi connectivity index (χ3v) is 2.28. The molecule has 0 aromatic rings. The van der Waals surface area contributed by atoms with Crippen molar-refractivity contribution >= 4 is 17.9 Å². The highest BCUT2D eigenvalue weighted by Gasteiger charge is 1.98. The van der Waals surface area contributed by atoms with Gasteiger partial charge in [0.2, 0.25) is 0 Å². The molecule has 0 atom stereocenters. The van der Waals surface area contributed by atoms with Crippen LogP contribution in [0.3, 0.4) is 0 Å². The van der Waals surface area contributed by atoms with E-state index in [1.165, 1.54) is 0 Å². The standard InChI is InChI=1S/C11H20O4.C2H4O2/c12-10(13)8-6-4-2-1-3-5-7-9-11(14)15;1-2(3)4/h1-9H2,(H,12,13)(H,14,15);1H3,(H,3,4). The molecule has 0 heterocycles. The molecule has 0 aliphatic heterocycles. The molecule has 0 rings (SSSR count). The zero-order valence-corrected chi connectivity index (χ0v) is 11.4. The summed E-state index contributed by atoms with van der Waals surface area (Å²) in [4.78, 5) is 29.4. The normalized spacial score (nSPS) is 9.32. The van der Waals surface area contributed by atoms with Crippen LogP contribution in [-0.2, 0) is 14.4 Å². The van der Waals surface area contributed by atoms with E-state index in [9.17, 15) is 9.59 Å². The summed E-state index contributed by atoms with van der Waals surface area (Å²) in [7, 11) is 0. The summed E-state index contributed by atoms with van der Waals surface area (Å²) < 4.78 is 0. The first-order valence-corrected chi connectivity index (χ1v) is 6.49. The number of hydrogen-bond acceptors (Lipinski definition) is 3. The second-order valence-electron chi connectivity index (χ2n) is 4.28. The minimum absolute atomic E-state index is 0.263. The Morgan fingerprint density at radius 3 is 1.05 bits per heavy atom. The van der Waals surface area contributed by atoms with E-state index in [1.807, 2.05) is 0 Å². The molecule has 0 saturated heterocycles. The predicted octanol–water partition coefficient (Wildman–Crippen LogP) is 2.76. The van der Waals surface area contributed by atoms with Crippen LogP contribution < -0.4 is 0 Å². The lowest BCUT2D eigenvalue weighted by Gasteiger charge is -1.99. The smallest absolute Gasteiger partial charge is 0.303 e. The van der Waals surface area contributed by atoms with Crippen molar-refractivity contribution in [1.29, 1.82) is 0 Å². The molecular formula is C13H24O6. The second kappa shape index (κ2) is 14.5. The number of hydrogen-bond donors (Lipinski definition) is 3. The predicted molar refractivity (Wildman–Crippen MR) is 70.1 cm³/mol. The van der Waals surface area contributed by atoms with Gasteiger partial charge in [0.25, 0.3) is 5.97 Å². The lowest BCUT2D eigenvalue weighted by Crippen LogP contribution is -1.94. The lowest BCUT2D eigenvalue weighted by atomic mass is 10.1. The Kier molecular flexibility index (Phi) is 15.0. The Morgan fingerprint density at radius 1 is 0.632 bits per heavy atom. The number of carbonyl (C=O) groups is 3. The highest BCUT2D eigenvalue weighted by atomic mass is 16.4. The summed E-state index contributed by atoms with van der Waals surface area (Å²) in [6.45, 7) is 1.08. The summed E-state index contributed by atoms with van der Waals surface area (Å²) in [5, 5.41) is 24.2. The Bertz CT molecular complexity index is 238. The van der Waals surface area contributed by atoms with E-state index < -0.39 is 17.9 Å². The lowest BCUT2D eigenvalue weighted by molar-refractivity contribution is -0.138. The van der Waals surface area contributed by atoms with Crippen LogP contribution in [0.25, 0.3) is 0 Å². The molecule has 0 saturated carbocycles. The van der Waals surface area contributed by atoms with E-state index >= 15 is 0 Å². The maximum atomic E-state index is 10.2. The first-order chi connectivity index (χ1) is 8.86. The molecule has 0 spiro atoms. The van der Waals surface area contributed by atoms with Crippen molar-refractivity contribution < 1.29 is 29.7 Å². The minimum atomic E-state index is -0.833.